The van der Waals surface area contributed by atoms with E-state index >= 15 is 0 Å². The largest absolute Gasteiger partial charge is 0.463 e. The van der Waals surface area contributed by atoms with Crippen molar-refractivity contribution in [2.24, 2.45) is 0 Å². The highest BCUT2D eigenvalue weighted by molar-refractivity contribution is 5.86. The van der Waals surface area contributed by atoms with Crippen molar-refractivity contribution in [2.75, 3.05) is 6.61 Å². The van der Waals surface area contributed by atoms with Crippen LogP contribution in [-0.4, -0.2) is 27.8 Å². The van der Waals surface area contributed by atoms with E-state index in [0.29, 0.717) is 0 Å². The number of halogens is 2. The second-order valence-corrected chi connectivity index (χ2v) is 3.79. The van der Waals surface area contributed by atoms with Crippen molar-refractivity contribution in [3.8, 4) is 11.4 Å². The number of H-pyrrole nitrogens is 1. The van der Waals surface area contributed by atoms with Gasteiger partial charge in [-0.2, -0.15) is 5.10 Å². The molecule has 20 heavy (non-hydrogen) atoms. The van der Waals surface area contributed by atoms with Gasteiger partial charge in [0.2, 0.25) is 0 Å². The molecule has 104 valence electrons. The van der Waals surface area contributed by atoms with Crippen molar-refractivity contribution in [1.82, 2.24) is 15.2 Å². The first-order valence-corrected chi connectivity index (χ1v) is 5.82. The zero-order valence-electron chi connectivity index (χ0n) is 10.6. The Balaban J connectivity index is 2.18. The smallest absolute Gasteiger partial charge is 0.330 e. The molecule has 2 aromatic rings. The number of aromatic nitrogens is 3. The van der Waals surface area contributed by atoms with Crippen molar-refractivity contribution in [2.45, 2.75) is 6.92 Å². The zero-order valence-corrected chi connectivity index (χ0v) is 10.6. The van der Waals surface area contributed by atoms with Gasteiger partial charge in [-0.1, -0.05) is 0 Å². The molecule has 0 amide bonds. The predicted molar refractivity (Wildman–Crippen MR) is 67.4 cm³/mol. The number of nitrogens with zero attached hydrogens (tertiary/aromatic N) is 2. The van der Waals surface area contributed by atoms with E-state index < -0.39 is 17.6 Å². The standard InChI is InChI=1S/C13H11F2N3O2/c1-2-20-12(19)4-3-11-16-13(18-17-11)8-5-9(14)7-10(15)6-8/h3-7H,2H2,1H3,(H,16,17,18)/b4-3-. The molecule has 7 heteroatoms. The van der Waals surface area contributed by atoms with Crippen LogP contribution in [0.4, 0.5) is 8.78 Å². The SMILES string of the molecule is CCOC(=O)/C=C\c1n[nH]c(-c2cc(F)cc(F)c2)n1. The van der Waals surface area contributed by atoms with Gasteiger partial charge < -0.3 is 4.74 Å². The molecule has 1 N–H and O–H groups in total. The van der Waals surface area contributed by atoms with Crippen LogP contribution in [0.15, 0.2) is 24.3 Å². The van der Waals surface area contributed by atoms with Gasteiger partial charge in [0.25, 0.3) is 0 Å². The number of carbonyl (C=O) groups is 1. The van der Waals surface area contributed by atoms with Crippen LogP contribution in [-0.2, 0) is 9.53 Å². The fourth-order valence-corrected chi connectivity index (χ4v) is 1.50. The summed E-state index contributed by atoms with van der Waals surface area (Å²) in [6.07, 6.45) is 2.51. The Morgan fingerprint density at radius 2 is 2.05 bits per heavy atom. The molecule has 1 aromatic heterocycles. The third kappa shape index (κ3) is 3.47. The van der Waals surface area contributed by atoms with Gasteiger partial charge >= 0.3 is 5.97 Å². The number of rotatable bonds is 4. The number of hydrogen-bond acceptors (Lipinski definition) is 4. The molecule has 0 saturated heterocycles. The first-order valence-electron chi connectivity index (χ1n) is 5.82. The summed E-state index contributed by atoms with van der Waals surface area (Å²) in [4.78, 5) is 15.1. The number of esters is 1. The minimum atomic E-state index is -0.708. The highest BCUT2D eigenvalue weighted by Crippen LogP contribution is 2.18. The average Bonchev–Trinajstić information content (AvgIpc) is 2.84. The normalized spacial score (nSPS) is 10.9. The lowest BCUT2D eigenvalue weighted by Gasteiger charge is -1.96. The molecular weight excluding hydrogens is 268 g/mol. The van der Waals surface area contributed by atoms with Crippen molar-refractivity contribution in [3.05, 3.63) is 41.7 Å². The Hall–Kier alpha value is -2.57. The molecule has 1 aromatic carbocycles. The van der Waals surface area contributed by atoms with Crippen molar-refractivity contribution >= 4 is 12.0 Å². The van der Waals surface area contributed by atoms with Crippen molar-refractivity contribution in [3.63, 3.8) is 0 Å². The highest BCUT2D eigenvalue weighted by Gasteiger charge is 2.07. The quantitative estimate of drug-likeness (QED) is 0.689. The second-order valence-electron chi connectivity index (χ2n) is 3.79. The van der Waals surface area contributed by atoms with Crippen molar-refractivity contribution in [1.29, 1.82) is 0 Å². The molecule has 0 bridgehead atoms. The molecule has 0 aliphatic heterocycles. The Bertz CT molecular complexity index is 633. The van der Waals surface area contributed by atoms with E-state index in [9.17, 15) is 13.6 Å². The average molecular weight is 279 g/mol. The van der Waals surface area contributed by atoms with E-state index in [1.54, 1.807) is 6.92 Å². The lowest BCUT2D eigenvalue weighted by atomic mass is 10.2. The molecule has 0 saturated carbocycles. The van der Waals surface area contributed by atoms with Crippen LogP contribution in [0.25, 0.3) is 17.5 Å². The lowest BCUT2D eigenvalue weighted by molar-refractivity contribution is -0.137. The molecule has 0 fully saturated rings. The number of hydrogen-bond donors (Lipinski definition) is 1. The molecule has 0 spiro atoms. The third-order valence-corrected chi connectivity index (χ3v) is 2.29. The summed E-state index contributed by atoms with van der Waals surface area (Å²) in [5, 5.41) is 6.34. The summed E-state index contributed by atoms with van der Waals surface area (Å²) in [5.41, 5.74) is 0.228. The summed E-state index contributed by atoms with van der Waals surface area (Å²) in [6, 6.07) is 3.02. The Morgan fingerprint density at radius 3 is 2.70 bits per heavy atom. The summed E-state index contributed by atoms with van der Waals surface area (Å²) < 4.78 is 30.9. The van der Waals surface area contributed by atoms with Gasteiger partial charge in [-0.05, 0) is 25.1 Å². The highest BCUT2D eigenvalue weighted by atomic mass is 19.1. The topological polar surface area (TPSA) is 67.9 Å². The van der Waals surface area contributed by atoms with Gasteiger partial charge in [-0.3, -0.25) is 5.10 Å². The number of aromatic amines is 1. The van der Waals surface area contributed by atoms with Gasteiger partial charge in [-0.15, -0.1) is 0 Å². The monoisotopic (exact) mass is 279 g/mol. The molecule has 5 nitrogen and oxygen atoms in total. The molecule has 0 atom stereocenters. The third-order valence-electron chi connectivity index (χ3n) is 2.29. The van der Waals surface area contributed by atoms with E-state index in [-0.39, 0.29) is 23.8 Å². The molecule has 0 unspecified atom stereocenters. The van der Waals surface area contributed by atoms with Gasteiger partial charge in [0.15, 0.2) is 11.6 Å². The summed E-state index contributed by atoms with van der Waals surface area (Å²) >= 11 is 0. The Labute approximate surface area is 113 Å². The van der Waals surface area contributed by atoms with Gasteiger partial charge in [0, 0.05) is 17.7 Å². The molecule has 1 heterocycles. The van der Waals surface area contributed by atoms with E-state index in [2.05, 4.69) is 15.2 Å². The summed E-state index contributed by atoms with van der Waals surface area (Å²) in [7, 11) is 0. The zero-order chi connectivity index (χ0) is 14.5. The number of nitrogens with one attached hydrogen (secondary N) is 1. The second kappa shape index (κ2) is 6.05. The van der Waals surface area contributed by atoms with Crippen LogP contribution in [0, 0.1) is 11.6 Å². The van der Waals surface area contributed by atoms with Gasteiger partial charge in [-0.25, -0.2) is 18.6 Å². The summed E-state index contributed by atoms with van der Waals surface area (Å²) in [6.45, 7) is 1.96. The number of carbonyl (C=O) groups excluding carboxylic acids is 1. The van der Waals surface area contributed by atoms with Crippen LogP contribution >= 0.6 is 0 Å². The van der Waals surface area contributed by atoms with Crippen molar-refractivity contribution < 1.29 is 18.3 Å². The summed E-state index contributed by atoms with van der Waals surface area (Å²) in [5.74, 6) is -1.53. The molecule has 0 radical (unpaired) electrons. The number of ether oxygens (including phenoxy) is 1. The van der Waals surface area contributed by atoms with Crippen LogP contribution in [0.5, 0.6) is 0 Å². The molecular formula is C13H11F2N3O2. The fraction of sp³-hybridized carbons (Fsp3) is 0.154. The molecule has 0 aliphatic carbocycles. The fourth-order valence-electron chi connectivity index (χ4n) is 1.50. The minimum Gasteiger partial charge on any atom is -0.463 e. The maximum absolute atomic E-state index is 13.1. The predicted octanol–water partition coefficient (Wildman–Crippen LogP) is 2.33. The maximum Gasteiger partial charge on any atom is 0.330 e. The Kier molecular flexibility index (Phi) is 4.19. The molecule has 0 aliphatic rings. The van der Waals surface area contributed by atoms with E-state index in [1.165, 1.54) is 12.2 Å². The van der Waals surface area contributed by atoms with Crippen LogP contribution < -0.4 is 0 Å². The maximum atomic E-state index is 13.1. The first-order chi connectivity index (χ1) is 9.58. The minimum absolute atomic E-state index is 0.201. The Morgan fingerprint density at radius 1 is 1.35 bits per heavy atom. The lowest BCUT2D eigenvalue weighted by Crippen LogP contribution is -1.98. The molecule has 2 rings (SSSR count). The van der Waals surface area contributed by atoms with Gasteiger partial charge in [0.1, 0.15) is 11.6 Å². The first kappa shape index (κ1) is 13.9. The number of benzene rings is 1. The van der Waals surface area contributed by atoms with Crippen LogP contribution in [0.2, 0.25) is 0 Å². The van der Waals surface area contributed by atoms with E-state index in [4.69, 9.17) is 4.74 Å². The van der Waals surface area contributed by atoms with Crippen LogP contribution in [0.1, 0.15) is 12.7 Å². The van der Waals surface area contributed by atoms with E-state index in [0.717, 1.165) is 18.2 Å². The van der Waals surface area contributed by atoms with Gasteiger partial charge in [0.05, 0.1) is 6.61 Å². The van der Waals surface area contributed by atoms with Crippen LogP contribution in [0.3, 0.4) is 0 Å². The van der Waals surface area contributed by atoms with E-state index in [1.807, 2.05) is 0 Å².